The van der Waals surface area contributed by atoms with E-state index in [1.165, 1.54) is 36.0 Å². The van der Waals surface area contributed by atoms with Gasteiger partial charge in [0.05, 0.1) is 5.25 Å². The quantitative estimate of drug-likeness (QED) is 0.752. The van der Waals surface area contributed by atoms with Gasteiger partial charge in [0.1, 0.15) is 5.82 Å². The maximum Gasteiger partial charge on any atom is 0.237 e. The predicted molar refractivity (Wildman–Crippen MR) is 83.3 cm³/mol. The lowest BCUT2D eigenvalue weighted by molar-refractivity contribution is -0.115. The maximum atomic E-state index is 12.8. The molecular formula is C15H13FN4OS. The lowest BCUT2D eigenvalue weighted by Gasteiger charge is -2.10. The van der Waals surface area contributed by atoms with Crippen molar-refractivity contribution in [2.75, 3.05) is 5.32 Å². The van der Waals surface area contributed by atoms with E-state index in [-0.39, 0.29) is 17.0 Å². The van der Waals surface area contributed by atoms with Crippen molar-refractivity contribution in [3.8, 4) is 0 Å². The molecule has 0 bridgehead atoms. The number of nitrogens with zero attached hydrogens (tertiary/aromatic N) is 3. The van der Waals surface area contributed by atoms with E-state index >= 15 is 0 Å². The number of amides is 1. The van der Waals surface area contributed by atoms with Gasteiger partial charge in [-0.05, 0) is 43.3 Å². The molecule has 3 rings (SSSR count). The number of anilines is 1. The summed E-state index contributed by atoms with van der Waals surface area (Å²) in [7, 11) is 0. The van der Waals surface area contributed by atoms with Gasteiger partial charge in [0.2, 0.25) is 5.91 Å². The van der Waals surface area contributed by atoms with Crippen LogP contribution in [0, 0.1) is 5.82 Å². The zero-order valence-corrected chi connectivity index (χ0v) is 12.5. The first-order valence-corrected chi connectivity index (χ1v) is 7.54. The third kappa shape index (κ3) is 3.09. The van der Waals surface area contributed by atoms with Crippen LogP contribution in [0.4, 0.5) is 10.1 Å². The number of carbonyl (C=O) groups excluding carboxylic acids is 1. The molecule has 0 unspecified atom stereocenters. The van der Waals surface area contributed by atoms with Crippen molar-refractivity contribution < 1.29 is 9.18 Å². The van der Waals surface area contributed by atoms with Crippen LogP contribution in [0.5, 0.6) is 0 Å². The molecule has 0 saturated carbocycles. The summed E-state index contributed by atoms with van der Waals surface area (Å²) >= 11 is 1.31. The standard InChI is InChI=1S/C15H13FN4OS/c1-10(14(21)17-12-7-5-11(16)6-8-12)22-15-19-18-13-4-2-3-9-20(13)15/h2-10H,1H3,(H,17,21)/t10-/m1/s1. The average Bonchev–Trinajstić information content (AvgIpc) is 2.93. The number of fused-ring (bicyclic) bond motifs is 1. The van der Waals surface area contributed by atoms with E-state index in [9.17, 15) is 9.18 Å². The highest BCUT2D eigenvalue weighted by molar-refractivity contribution is 8.00. The molecule has 0 radical (unpaired) electrons. The molecule has 2 heterocycles. The summed E-state index contributed by atoms with van der Waals surface area (Å²) in [6.07, 6.45) is 1.85. The highest BCUT2D eigenvalue weighted by Gasteiger charge is 2.17. The second kappa shape index (κ2) is 6.15. The first-order chi connectivity index (χ1) is 10.6. The fourth-order valence-electron chi connectivity index (χ4n) is 1.89. The van der Waals surface area contributed by atoms with Crippen molar-refractivity contribution in [2.24, 2.45) is 0 Å². The predicted octanol–water partition coefficient (Wildman–Crippen LogP) is 2.99. The van der Waals surface area contributed by atoms with Crippen LogP contribution >= 0.6 is 11.8 Å². The highest BCUT2D eigenvalue weighted by atomic mass is 32.2. The van der Waals surface area contributed by atoms with Crippen LogP contribution in [0.3, 0.4) is 0 Å². The van der Waals surface area contributed by atoms with Crippen molar-refractivity contribution >= 4 is 29.0 Å². The van der Waals surface area contributed by atoms with Crippen molar-refractivity contribution in [3.05, 3.63) is 54.5 Å². The summed E-state index contributed by atoms with van der Waals surface area (Å²) in [6, 6.07) is 11.3. The minimum absolute atomic E-state index is 0.177. The molecule has 0 saturated heterocycles. The molecule has 5 nitrogen and oxygen atoms in total. The number of hydrogen-bond acceptors (Lipinski definition) is 4. The second-order valence-corrected chi connectivity index (χ2v) is 5.98. The molecule has 0 fully saturated rings. The van der Waals surface area contributed by atoms with Gasteiger partial charge in [-0.3, -0.25) is 9.20 Å². The average molecular weight is 316 g/mol. The van der Waals surface area contributed by atoms with Gasteiger partial charge in [0.25, 0.3) is 0 Å². The Kier molecular flexibility index (Phi) is 4.06. The van der Waals surface area contributed by atoms with Gasteiger partial charge in [-0.1, -0.05) is 17.8 Å². The number of halogens is 1. The first-order valence-electron chi connectivity index (χ1n) is 6.66. The number of aromatic nitrogens is 3. The smallest absolute Gasteiger partial charge is 0.237 e. The normalized spacial score (nSPS) is 12.3. The van der Waals surface area contributed by atoms with Gasteiger partial charge in [0.15, 0.2) is 10.8 Å². The molecule has 7 heteroatoms. The molecule has 1 amide bonds. The minimum atomic E-state index is -0.363. The Hall–Kier alpha value is -2.41. The van der Waals surface area contributed by atoms with Crippen LogP contribution in [0.15, 0.2) is 53.8 Å². The number of carbonyl (C=O) groups is 1. The number of benzene rings is 1. The van der Waals surface area contributed by atoms with E-state index in [1.807, 2.05) is 28.8 Å². The monoisotopic (exact) mass is 316 g/mol. The van der Waals surface area contributed by atoms with Crippen LogP contribution in [0.2, 0.25) is 0 Å². The summed E-state index contributed by atoms with van der Waals surface area (Å²) in [5.74, 6) is -0.514. The number of rotatable bonds is 4. The summed E-state index contributed by atoms with van der Waals surface area (Å²) in [4.78, 5) is 12.2. The largest absolute Gasteiger partial charge is 0.325 e. The molecular weight excluding hydrogens is 303 g/mol. The number of pyridine rings is 1. The Morgan fingerprint density at radius 1 is 1.23 bits per heavy atom. The summed E-state index contributed by atoms with van der Waals surface area (Å²) in [5.41, 5.74) is 1.29. The second-order valence-electron chi connectivity index (χ2n) is 4.67. The van der Waals surface area contributed by atoms with E-state index in [2.05, 4.69) is 15.5 Å². The molecule has 3 aromatic rings. The summed E-state index contributed by atoms with van der Waals surface area (Å²) < 4.78 is 14.7. The molecule has 0 spiro atoms. The molecule has 0 aliphatic heterocycles. The Bertz CT molecular complexity index is 803. The first kappa shape index (κ1) is 14.5. The third-order valence-electron chi connectivity index (χ3n) is 3.05. The Morgan fingerprint density at radius 3 is 2.77 bits per heavy atom. The van der Waals surface area contributed by atoms with Gasteiger partial charge in [-0.15, -0.1) is 10.2 Å². The number of hydrogen-bond donors (Lipinski definition) is 1. The molecule has 112 valence electrons. The van der Waals surface area contributed by atoms with Crippen LogP contribution in [-0.4, -0.2) is 25.8 Å². The number of thioether (sulfide) groups is 1. The lowest BCUT2D eigenvalue weighted by atomic mass is 10.3. The van der Waals surface area contributed by atoms with Gasteiger partial charge >= 0.3 is 0 Å². The van der Waals surface area contributed by atoms with E-state index in [0.29, 0.717) is 10.8 Å². The Balaban J connectivity index is 1.69. The fraction of sp³-hybridized carbons (Fsp3) is 0.133. The topological polar surface area (TPSA) is 59.3 Å². The molecule has 0 aliphatic rings. The van der Waals surface area contributed by atoms with Gasteiger partial charge in [0, 0.05) is 11.9 Å². The molecule has 1 N–H and O–H groups in total. The number of nitrogens with one attached hydrogen (secondary N) is 1. The Morgan fingerprint density at radius 2 is 2.00 bits per heavy atom. The van der Waals surface area contributed by atoms with E-state index in [0.717, 1.165) is 5.65 Å². The minimum Gasteiger partial charge on any atom is -0.325 e. The SMILES string of the molecule is C[C@@H](Sc1nnc2ccccn12)C(=O)Nc1ccc(F)cc1. The van der Waals surface area contributed by atoms with Crippen LogP contribution in [0.1, 0.15) is 6.92 Å². The zero-order chi connectivity index (χ0) is 15.5. The van der Waals surface area contributed by atoms with Crippen molar-refractivity contribution in [2.45, 2.75) is 17.3 Å². The van der Waals surface area contributed by atoms with Crippen molar-refractivity contribution in [1.29, 1.82) is 0 Å². The van der Waals surface area contributed by atoms with E-state index in [1.54, 1.807) is 6.92 Å². The molecule has 0 aliphatic carbocycles. The van der Waals surface area contributed by atoms with Crippen molar-refractivity contribution in [1.82, 2.24) is 14.6 Å². The lowest BCUT2D eigenvalue weighted by Crippen LogP contribution is -2.22. The van der Waals surface area contributed by atoms with Gasteiger partial charge in [-0.2, -0.15) is 0 Å². The highest BCUT2D eigenvalue weighted by Crippen LogP contribution is 2.23. The van der Waals surface area contributed by atoms with Crippen LogP contribution in [0.25, 0.3) is 5.65 Å². The maximum absolute atomic E-state index is 12.8. The molecule has 1 atom stereocenters. The van der Waals surface area contributed by atoms with Crippen LogP contribution < -0.4 is 5.32 Å². The van der Waals surface area contributed by atoms with Crippen LogP contribution in [-0.2, 0) is 4.79 Å². The molecule has 1 aromatic carbocycles. The van der Waals surface area contributed by atoms with Gasteiger partial charge < -0.3 is 5.32 Å². The summed E-state index contributed by atoms with van der Waals surface area (Å²) in [6.45, 7) is 1.79. The zero-order valence-electron chi connectivity index (χ0n) is 11.7. The Labute approximate surface area is 130 Å². The summed E-state index contributed by atoms with van der Waals surface area (Å²) in [5, 5.41) is 11.2. The van der Waals surface area contributed by atoms with E-state index in [4.69, 9.17) is 0 Å². The van der Waals surface area contributed by atoms with E-state index < -0.39 is 0 Å². The van der Waals surface area contributed by atoms with Gasteiger partial charge in [-0.25, -0.2) is 4.39 Å². The molecule has 2 aromatic heterocycles. The van der Waals surface area contributed by atoms with Crippen molar-refractivity contribution in [3.63, 3.8) is 0 Å². The third-order valence-corrected chi connectivity index (χ3v) is 4.10. The molecule has 22 heavy (non-hydrogen) atoms. The fourth-order valence-corrected chi connectivity index (χ4v) is 2.73.